The van der Waals surface area contributed by atoms with Crippen molar-refractivity contribution in [2.24, 2.45) is 0 Å². The minimum atomic E-state index is -0.195. The number of carbonyl (C=O) groups is 1. The Labute approximate surface area is 181 Å². The highest BCUT2D eigenvalue weighted by atomic mass is 16.5. The summed E-state index contributed by atoms with van der Waals surface area (Å²) in [5, 5.41) is 0.835. The topological polar surface area (TPSA) is 71.6 Å². The molecule has 0 atom stereocenters. The average molecular weight is 421 g/mol. The number of carbonyl (C=O) groups excluding carboxylic acids is 1. The quantitative estimate of drug-likeness (QED) is 0.640. The van der Waals surface area contributed by atoms with Gasteiger partial charge < -0.3 is 19.4 Å². The molecule has 0 radical (unpaired) electrons. The van der Waals surface area contributed by atoms with Gasteiger partial charge in [0.1, 0.15) is 0 Å². The van der Waals surface area contributed by atoms with Crippen molar-refractivity contribution in [1.29, 1.82) is 0 Å². The lowest BCUT2D eigenvalue weighted by Crippen LogP contribution is -2.39. The molecule has 1 amide bonds. The Kier molecular flexibility index (Phi) is 5.98. The van der Waals surface area contributed by atoms with Crippen LogP contribution < -0.4 is 15.0 Å². The summed E-state index contributed by atoms with van der Waals surface area (Å²) in [5.74, 6) is 1.12. The third-order valence-corrected chi connectivity index (χ3v) is 6.09. The van der Waals surface area contributed by atoms with Crippen LogP contribution in [0.25, 0.3) is 10.9 Å². The van der Waals surface area contributed by atoms with Gasteiger partial charge in [-0.25, -0.2) is 0 Å². The van der Waals surface area contributed by atoms with Crippen LogP contribution in [0.15, 0.2) is 47.3 Å². The maximum Gasteiger partial charge on any atom is 0.254 e. The molecular weight excluding hydrogens is 392 g/mol. The Morgan fingerprint density at radius 2 is 1.68 bits per heavy atom. The summed E-state index contributed by atoms with van der Waals surface area (Å²) < 4.78 is 10.7. The van der Waals surface area contributed by atoms with Gasteiger partial charge in [-0.3, -0.25) is 9.59 Å². The number of rotatable bonds is 6. The van der Waals surface area contributed by atoms with E-state index in [0.29, 0.717) is 28.1 Å². The van der Waals surface area contributed by atoms with Gasteiger partial charge >= 0.3 is 0 Å². The predicted octanol–water partition coefficient (Wildman–Crippen LogP) is 4.44. The van der Waals surface area contributed by atoms with Crippen molar-refractivity contribution in [3.8, 4) is 11.5 Å². The van der Waals surface area contributed by atoms with Crippen molar-refractivity contribution in [2.45, 2.75) is 45.2 Å². The molecule has 0 aliphatic heterocycles. The number of aromatic nitrogens is 1. The number of pyridine rings is 1. The van der Waals surface area contributed by atoms with E-state index in [9.17, 15) is 9.59 Å². The van der Waals surface area contributed by atoms with E-state index in [1.807, 2.05) is 48.2 Å². The Balaban J connectivity index is 1.71. The number of aryl methyl sites for hydroxylation is 1. The summed E-state index contributed by atoms with van der Waals surface area (Å²) in [4.78, 5) is 31.1. The van der Waals surface area contributed by atoms with Crippen molar-refractivity contribution in [3.05, 3.63) is 69.5 Å². The van der Waals surface area contributed by atoms with E-state index in [-0.39, 0.29) is 24.1 Å². The van der Waals surface area contributed by atoms with Crippen LogP contribution in [0.4, 0.5) is 0 Å². The van der Waals surface area contributed by atoms with Crippen LogP contribution in [0.5, 0.6) is 11.5 Å². The lowest BCUT2D eigenvalue weighted by molar-refractivity contribution is 0.0664. The van der Waals surface area contributed by atoms with E-state index in [2.05, 4.69) is 4.98 Å². The maximum absolute atomic E-state index is 13.4. The third kappa shape index (κ3) is 4.29. The molecule has 1 aliphatic carbocycles. The van der Waals surface area contributed by atoms with Crippen LogP contribution in [0.1, 0.15) is 47.2 Å². The summed E-state index contributed by atoms with van der Waals surface area (Å²) in [6.45, 7) is 2.28. The molecule has 0 unspecified atom stereocenters. The molecule has 2 aromatic carbocycles. The summed E-state index contributed by atoms with van der Waals surface area (Å²) >= 11 is 0. The zero-order chi connectivity index (χ0) is 22.0. The minimum Gasteiger partial charge on any atom is -0.493 e. The van der Waals surface area contributed by atoms with E-state index >= 15 is 0 Å². The van der Waals surface area contributed by atoms with Crippen molar-refractivity contribution in [1.82, 2.24) is 9.88 Å². The standard InChI is InChI=1S/C25H28N2O4/c1-16-8-10-17(11-9-16)25(29)27(20-6-4-5-7-20)15-19-12-18-13-22(30-2)23(31-3)14-21(18)26-24(19)28/h8-14,20H,4-7,15H2,1-3H3,(H,26,28). The number of H-pyrrole nitrogens is 1. The number of nitrogens with zero attached hydrogens (tertiary/aromatic N) is 1. The highest BCUT2D eigenvalue weighted by Crippen LogP contribution is 2.32. The number of aromatic amines is 1. The molecule has 0 bridgehead atoms. The highest BCUT2D eigenvalue weighted by molar-refractivity contribution is 5.94. The number of hydrogen-bond acceptors (Lipinski definition) is 4. The van der Waals surface area contributed by atoms with Gasteiger partial charge in [-0.15, -0.1) is 0 Å². The second-order valence-electron chi connectivity index (χ2n) is 8.16. The lowest BCUT2D eigenvalue weighted by atomic mass is 10.1. The Hall–Kier alpha value is -3.28. The molecule has 6 heteroatoms. The normalized spacial score (nSPS) is 14.0. The van der Waals surface area contributed by atoms with Crippen molar-refractivity contribution >= 4 is 16.8 Å². The fourth-order valence-corrected chi connectivity index (χ4v) is 4.32. The number of fused-ring (bicyclic) bond motifs is 1. The van der Waals surface area contributed by atoms with Gasteiger partial charge in [0.25, 0.3) is 11.5 Å². The molecule has 0 spiro atoms. The van der Waals surface area contributed by atoms with Crippen molar-refractivity contribution in [3.63, 3.8) is 0 Å². The van der Waals surface area contributed by atoms with E-state index in [1.54, 1.807) is 20.3 Å². The number of hydrogen-bond donors (Lipinski definition) is 1. The van der Waals surface area contributed by atoms with E-state index in [4.69, 9.17) is 9.47 Å². The predicted molar refractivity (Wildman–Crippen MR) is 121 cm³/mol. The van der Waals surface area contributed by atoms with Gasteiger partial charge in [0, 0.05) is 28.6 Å². The fourth-order valence-electron chi connectivity index (χ4n) is 4.32. The SMILES string of the molecule is COc1cc2cc(CN(C(=O)c3ccc(C)cc3)C3CCCC3)c(=O)[nH]c2cc1OC. The van der Waals surface area contributed by atoms with Crippen molar-refractivity contribution < 1.29 is 14.3 Å². The van der Waals surface area contributed by atoms with Gasteiger partial charge in [0.05, 0.1) is 26.3 Å². The molecule has 162 valence electrons. The molecular formula is C25H28N2O4. The van der Waals surface area contributed by atoms with E-state index in [1.165, 1.54) is 0 Å². The largest absolute Gasteiger partial charge is 0.493 e. The van der Waals surface area contributed by atoms with Crippen LogP contribution in [0.2, 0.25) is 0 Å². The second-order valence-corrected chi connectivity index (χ2v) is 8.16. The molecule has 6 nitrogen and oxygen atoms in total. The fraction of sp³-hybridized carbons (Fsp3) is 0.360. The van der Waals surface area contributed by atoms with E-state index in [0.717, 1.165) is 36.6 Å². The smallest absolute Gasteiger partial charge is 0.254 e. The maximum atomic E-state index is 13.4. The molecule has 1 fully saturated rings. The van der Waals surface area contributed by atoms with Crippen LogP contribution in [-0.2, 0) is 6.54 Å². The number of amides is 1. The molecule has 1 saturated carbocycles. The molecule has 3 aromatic rings. The van der Waals surface area contributed by atoms with Gasteiger partial charge in [-0.05, 0) is 44.0 Å². The van der Waals surface area contributed by atoms with Gasteiger partial charge in [-0.2, -0.15) is 0 Å². The molecule has 31 heavy (non-hydrogen) atoms. The number of ether oxygens (including phenoxy) is 2. The first kappa shape index (κ1) is 21.0. The average Bonchev–Trinajstić information content (AvgIpc) is 3.31. The lowest BCUT2D eigenvalue weighted by Gasteiger charge is -2.29. The summed E-state index contributed by atoms with van der Waals surface area (Å²) in [5.41, 5.74) is 2.80. The van der Waals surface area contributed by atoms with Gasteiger partial charge in [0.15, 0.2) is 11.5 Å². The first-order valence-electron chi connectivity index (χ1n) is 10.7. The zero-order valence-corrected chi connectivity index (χ0v) is 18.2. The zero-order valence-electron chi connectivity index (χ0n) is 18.2. The highest BCUT2D eigenvalue weighted by Gasteiger charge is 2.28. The first-order chi connectivity index (χ1) is 15.0. The number of nitrogens with one attached hydrogen (secondary N) is 1. The van der Waals surface area contributed by atoms with Crippen LogP contribution in [0.3, 0.4) is 0 Å². The van der Waals surface area contributed by atoms with E-state index < -0.39 is 0 Å². The molecule has 1 heterocycles. The summed E-state index contributed by atoms with van der Waals surface area (Å²) in [6.07, 6.45) is 4.14. The number of methoxy groups -OCH3 is 2. The Bertz CT molecular complexity index is 1140. The van der Waals surface area contributed by atoms with Gasteiger partial charge in [-0.1, -0.05) is 30.5 Å². The monoisotopic (exact) mass is 420 g/mol. The third-order valence-electron chi connectivity index (χ3n) is 6.09. The first-order valence-corrected chi connectivity index (χ1v) is 10.7. The van der Waals surface area contributed by atoms with Crippen LogP contribution >= 0.6 is 0 Å². The minimum absolute atomic E-state index is 0.0290. The summed E-state index contributed by atoms with van der Waals surface area (Å²) in [7, 11) is 3.14. The van der Waals surface area contributed by atoms with Crippen molar-refractivity contribution in [2.75, 3.05) is 14.2 Å². The Morgan fingerprint density at radius 1 is 1.03 bits per heavy atom. The molecule has 1 aromatic heterocycles. The van der Waals surface area contributed by atoms with Crippen LogP contribution in [0, 0.1) is 6.92 Å². The molecule has 1 aliphatic rings. The van der Waals surface area contributed by atoms with Gasteiger partial charge in [0.2, 0.25) is 0 Å². The Morgan fingerprint density at radius 3 is 2.32 bits per heavy atom. The second kappa shape index (κ2) is 8.84. The summed E-state index contributed by atoms with van der Waals surface area (Å²) in [6, 6.07) is 13.2. The number of benzene rings is 2. The van der Waals surface area contributed by atoms with Crippen LogP contribution in [-0.4, -0.2) is 36.1 Å². The molecule has 0 saturated heterocycles. The molecule has 4 rings (SSSR count). The molecule has 1 N–H and O–H groups in total.